The zero-order valence-corrected chi connectivity index (χ0v) is 13.1. The zero-order valence-electron chi connectivity index (χ0n) is 13.1. The van der Waals surface area contributed by atoms with E-state index in [0.29, 0.717) is 19.6 Å². The highest BCUT2D eigenvalue weighted by Gasteiger charge is 2.42. The normalized spacial score (nSPS) is 22.3. The van der Waals surface area contributed by atoms with Crippen LogP contribution in [-0.2, 0) is 6.54 Å². The van der Waals surface area contributed by atoms with Crippen molar-refractivity contribution < 1.29 is 18.3 Å². The van der Waals surface area contributed by atoms with Gasteiger partial charge in [0.1, 0.15) is 12.2 Å². The Bertz CT molecular complexity index is 922. The number of aromatic nitrogens is 3. The summed E-state index contributed by atoms with van der Waals surface area (Å²) in [5.41, 5.74) is 1.78. The van der Waals surface area contributed by atoms with Gasteiger partial charge in [-0.15, -0.1) is 0 Å². The largest absolute Gasteiger partial charge is 0.478 e. The van der Waals surface area contributed by atoms with Gasteiger partial charge in [0.05, 0.1) is 18.1 Å². The predicted molar refractivity (Wildman–Crippen MR) is 83.5 cm³/mol. The molecule has 25 heavy (non-hydrogen) atoms. The van der Waals surface area contributed by atoms with Crippen molar-refractivity contribution in [3.05, 3.63) is 54.2 Å². The van der Waals surface area contributed by atoms with E-state index < -0.39 is 11.6 Å². The third-order valence-electron chi connectivity index (χ3n) is 4.62. The third kappa shape index (κ3) is 2.32. The Balaban J connectivity index is 1.37. The van der Waals surface area contributed by atoms with Gasteiger partial charge in [-0.1, -0.05) is 0 Å². The summed E-state index contributed by atoms with van der Waals surface area (Å²) in [4.78, 5) is 10.5. The van der Waals surface area contributed by atoms with Gasteiger partial charge >= 0.3 is 0 Å². The maximum atomic E-state index is 13.9. The van der Waals surface area contributed by atoms with E-state index in [4.69, 9.17) is 9.47 Å². The average molecular weight is 344 g/mol. The van der Waals surface area contributed by atoms with Gasteiger partial charge < -0.3 is 9.47 Å². The van der Waals surface area contributed by atoms with Gasteiger partial charge in [0.25, 0.3) is 0 Å². The molecule has 5 rings (SSSR count). The molecule has 3 aromatic rings. The van der Waals surface area contributed by atoms with Crippen molar-refractivity contribution in [2.75, 3.05) is 13.1 Å². The second-order valence-corrected chi connectivity index (χ2v) is 6.25. The quantitative estimate of drug-likeness (QED) is 0.712. The van der Waals surface area contributed by atoms with E-state index in [9.17, 15) is 8.78 Å². The molecule has 1 aromatic carbocycles. The Kier molecular flexibility index (Phi) is 3.14. The standard InChI is InChI=1S/C17H14F2N4O2/c18-11-1-2-12(19)17-16(11)24-13-8-22(9-14(13)25-17)7-10-5-21-15-6-20-3-4-23(10)15/h1-6,13-14H,7-9H2/t13-,14+. The van der Waals surface area contributed by atoms with Crippen LogP contribution in [-0.4, -0.2) is 44.6 Å². The van der Waals surface area contributed by atoms with Crippen molar-refractivity contribution in [2.45, 2.75) is 18.8 Å². The second kappa shape index (κ2) is 5.38. The van der Waals surface area contributed by atoms with Crippen LogP contribution in [0.15, 0.2) is 36.9 Å². The molecule has 1 saturated heterocycles. The van der Waals surface area contributed by atoms with E-state index >= 15 is 0 Å². The Morgan fingerprint density at radius 3 is 2.40 bits per heavy atom. The maximum Gasteiger partial charge on any atom is 0.200 e. The van der Waals surface area contributed by atoms with Gasteiger partial charge in [0.15, 0.2) is 17.3 Å². The van der Waals surface area contributed by atoms with Crippen LogP contribution in [0.4, 0.5) is 8.78 Å². The minimum absolute atomic E-state index is 0.135. The molecule has 2 aliphatic rings. The SMILES string of the molecule is Fc1ccc(F)c2c1O[C@H]1CN(Cc3cnc4cnccn34)C[C@H]1O2. The van der Waals surface area contributed by atoms with Crippen LogP contribution in [0.3, 0.4) is 0 Å². The minimum Gasteiger partial charge on any atom is -0.478 e. The van der Waals surface area contributed by atoms with E-state index in [1.165, 1.54) is 0 Å². The topological polar surface area (TPSA) is 51.9 Å². The number of likely N-dealkylation sites (tertiary alicyclic amines) is 1. The number of halogens is 2. The number of hydrogen-bond acceptors (Lipinski definition) is 5. The summed E-state index contributed by atoms with van der Waals surface area (Å²) in [7, 11) is 0. The number of benzene rings is 1. The molecule has 0 aliphatic carbocycles. The van der Waals surface area contributed by atoms with Gasteiger partial charge in [-0.25, -0.2) is 13.8 Å². The molecule has 0 amide bonds. The molecular formula is C17H14F2N4O2. The van der Waals surface area contributed by atoms with Crippen LogP contribution in [0, 0.1) is 11.6 Å². The first-order valence-electron chi connectivity index (χ1n) is 7.98. The van der Waals surface area contributed by atoms with Crippen LogP contribution in [0.25, 0.3) is 5.65 Å². The fraction of sp³-hybridized carbons (Fsp3) is 0.294. The molecule has 8 heteroatoms. The summed E-state index contributed by atoms with van der Waals surface area (Å²) in [6, 6.07) is 2.11. The van der Waals surface area contributed by atoms with Crippen LogP contribution >= 0.6 is 0 Å². The molecule has 0 bridgehead atoms. The maximum absolute atomic E-state index is 13.9. The summed E-state index contributed by atoms with van der Waals surface area (Å²) in [5, 5.41) is 0. The van der Waals surface area contributed by atoms with Crippen molar-refractivity contribution in [2.24, 2.45) is 0 Å². The summed E-state index contributed by atoms with van der Waals surface area (Å²) >= 11 is 0. The molecule has 128 valence electrons. The highest BCUT2D eigenvalue weighted by atomic mass is 19.1. The van der Waals surface area contributed by atoms with Crippen molar-refractivity contribution in [3.63, 3.8) is 0 Å². The highest BCUT2D eigenvalue weighted by molar-refractivity contribution is 5.44. The van der Waals surface area contributed by atoms with Gasteiger partial charge in [0.2, 0.25) is 11.5 Å². The van der Waals surface area contributed by atoms with Crippen molar-refractivity contribution in [1.82, 2.24) is 19.3 Å². The number of imidazole rings is 1. The highest BCUT2D eigenvalue weighted by Crippen LogP contribution is 2.40. The number of fused-ring (bicyclic) bond motifs is 3. The first kappa shape index (κ1) is 14.6. The van der Waals surface area contributed by atoms with Gasteiger partial charge in [0, 0.05) is 32.0 Å². The van der Waals surface area contributed by atoms with E-state index in [1.807, 2.05) is 10.6 Å². The molecule has 2 aliphatic heterocycles. The molecule has 0 saturated carbocycles. The molecule has 1 fully saturated rings. The smallest absolute Gasteiger partial charge is 0.200 e. The van der Waals surface area contributed by atoms with Gasteiger partial charge in [-0.2, -0.15) is 0 Å². The molecule has 0 N–H and O–H groups in total. The molecule has 0 spiro atoms. The Morgan fingerprint density at radius 1 is 1.04 bits per heavy atom. The van der Waals surface area contributed by atoms with Gasteiger partial charge in [-0.3, -0.25) is 14.3 Å². The number of rotatable bonds is 2. The van der Waals surface area contributed by atoms with E-state index in [0.717, 1.165) is 23.5 Å². The van der Waals surface area contributed by atoms with Crippen molar-refractivity contribution in [3.8, 4) is 11.5 Å². The summed E-state index contributed by atoms with van der Waals surface area (Å²) in [6.07, 6.45) is 6.40. The fourth-order valence-corrected chi connectivity index (χ4v) is 3.45. The lowest BCUT2D eigenvalue weighted by molar-refractivity contribution is 0.0467. The monoisotopic (exact) mass is 344 g/mol. The number of ether oxygens (including phenoxy) is 2. The Morgan fingerprint density at radius 2 is 1.72 bits per heavy atom. The van der Waals surface area contributed by atoms with E-state index in [-0.39, 0.29) is 23.7 Å². The zero-order chi connectivity index (χ0) is 17.0. The van der Waals surface area contributed by atoms with Crippen LogP contribution < -0.4 is 9.47 Å². The summed E-state index contributed by atoms with van der Waals surface area (Å²) in [6.45, 7) is 1.77. The van der Waals surface area contributed by atoms with Gasteiger partial charge in [-0.05, 0) is 12.1 Å². The lowest BCUT2D eigenvalue weighted by Crippen LogP contribution is -2.39. The number of hydrogen-bond donors (Lipinski definition) is 0. The molecule has 2 atom stereocenters. The van der Waals surface area contributed by atoms with Crippen molar-refractivity contribution >= 4 is 5.65 Å². The van der Waals surface area contributed by atoms with Crippen molar-refractivity contribution in [1.29, 1.82) is 0 Å². The minimum atomic E-state index is -0.609. The molecule has 0 radical (unpaired) electrons. The van der Waals surface area contributed by atoms with Crippen LogP contribution in [0.1, 0.15) is 5.69 Å². The fourth-order valence-electron chi connectivity index (χ4n) is 3.45. The van der Waals surface area contributed by atoms with Crippen LogP contribution in [0.2, 0.25) is 0 Å². The predicted octanol–water partition coefficient (Wildman–Crippen LogP) is 2.03. The second-order valence-electron chi connectivity index (χ2n) is 6.25. The molecule has 4 heterocycles. The Hall–Kier alpha value is -2.74. The lowest BCUT2D eigenvalue weighted by Gasteiger charge is -2.28. The lowest BCUT2D eigenvalue weighted by atomic mass is 10.2. The van der Waals surface area contributed by atoms with Crippen LogP contribution in [0.5, 0.6) is 11.5 Å². The molecular weight excluding hydrogens is 330 g/mol. The molecule has 0 unspecified atom stereocenters. The summed E-state index contributed by atoms with van der Waals surface area (Å²) < 4.78 is 41.1. The first-order chi connectivity index (χ1) is 12.2. The first-order valence-corrected chi connectivity index (χ1v) is 7.98. The number of nitrogens with zero attached hydrogens (tertiary/aromatic N) is 4. The Labute approximate surface area is 141 Å². The average Bonchev–Trinajstić information content (AvgIpc) is 3.21. The van der Waals surface area contributed by atoms with E-state index in [1.54, 1.807) is 18.6 Å². The molecule has 6 nitrogen and oxygen atoms in total. The molecule has 2 aromatic heterocycles. The van der Waals surface area contributed by atoms with E-state index in [2.05, 4.69) is 14.9 Å². The summed E-state index contributed by atoms with van der Waals surface area (Å²) in [5.74, 6) is -1.49. The third-order valence-corrected chi connectivity index (χ3v) is 4.62.